The Kier molecular flexibility index (Phi) is 9.61. The second kappa shape index (κ2) is 13.1. The molecule has 0 N–H and O–H groups in total. The van der Waals surface area contributed by atoms with Crippen molar-refractivity contribution in [3.8, 4) is 16.9 Å². The number of rotatable bonds is 9. The lowest BCUT2D eigenvalue weighted by atomic mass is 9.80. The summed E-state index contributed by atoms with van der Waals surface area (Å²) in [5.41, 5.74) is -0.205. The molecule has 10 heteroatoms. The average Bonchev–Trinajstić information content (AvgIpc) is 3.35. The van der Waals surface area contributed by atoms with Crippen molar-refractivity contribution in [1.29, 1.82) is 0 Å². The Morgan fingerprint density at radius 1 is 0.977 bits per heavy atom. The summed E-state index contributed by atoms with van der Waals surface area (Å²) in [4.78, 5) is 28.5. The maximum atomic E-state index is 14.1. The molecule has 234 valence electrons. The van der Waals surface area contributed by atoms with Gasteiger partial charge in [-0.05, 0) is 62.9 Å². The first kappa shape index (κ1) is 31.6. The molecule has 2 aliphatic heterocycles. The molecule has 2 unspecified atom stereocenters. The summed E-state index contributed by atoms with van der Waals surface area (Å²) in [6.07, 6.45) is 2.54. The third kappa shape index (κ3) is 6.68. The van der Waals surface area contributed by atoms with E-state index in [0.29, 0.717) is 17.9 Å². The highest BCUT2D eigenvalue weighted by molar-refractivity contribution is 6.27. The zero-order chi connectivity index (χ0) is 30.7. The van der Waals surface area contributed by atoms with Crippen LogP contribution in [0.1, 0.15) is 70.3 Å². The number of carbonyl (C=O) groups is 2. The van der Waals surface area contributed by atoms with Crippen molar-refractivity contribution in [1.82, 2.24) is 9.80 Å². The molecule has 2 heterocycles. The molecule has 0 radical (unpaired) electrons. The van der Waals surface area contributed by atoms with E-state index in [2.05, 4.69) is 4.90 Å². The normalized spacial score (nSPS) is 23.7. The van der Waals surface area contributed by atoms with Gasteiger partial charge in [0.2, 0.25) is 5.60 Å². The van der Waals surface area contributed by atoms with Crippen molar-refractivity contribution >= 4 is 23.5 Å². The van der Waals surface area contributed by atoms with Gasteiger partial charge in [0.15, 0.2) is 0 Å². The molecule has 3 fully saturated rings. The van der Waals surface area contributed by atoms with Gasteiger partial charge in [-0.25, -0.2) is 4.79 Å². The molecule has 1 amide bonds. The third-order valence-electron chi connectivity index (χ3n) is 9.31. The minimum Gasteiger partial charge on any atom is -0.492 e. The van der Waals surface area contributed by atoms with E-state index in [0.717, 1.165) is 75.7 Å². The van der Waals surface area contributed by atoms with Crippen LogP contribution < -0.4 is 4.74 Å². The highest BCUT2D eigenvalue weighted by atomic mass is 35.5. The van der Waals surface area contributed by atoms with Crippen LogP contribution in [0.15, 0.2) is 48.5 Å². The number of likely N-dealkylation sites (tertiary alicyclic amines) is 2. The predicted molar refractivity (Wildman–Crippen MR) is 159 cm³/mol. The number of nitrogens with zero attached hydrogens (tertiary/aromatic N) is 2. The number of alkyl halides is 4. The Morgan fingerprint density at radius 3 is 2.33 bits per heavy atom. The lowest BCUT2D eigenvalue weighted by Crippen LogP contribution is -2.57. The van der Waals surface area contributed by atoms with Crippen LogP contribution in [0.3, 0.4) is 0 Å². The first-order valence-corrected chi connectivity index (χ1v) is 15.8. The summed E-state index contributed by atoms with van der Waals surface area (Å²) < 4.78 is 52.2. The fourth-order valence-electron chi connectivity index (χ4n) is 6.79. The van der Waals surface area contributed by atoms with Gasteiger partial charge in [-0.15, -0.1) is 11.6 Å². The van der Waals surface area contributed by atoms with Crippen LogP contribution in [0.2, 0.25) is 0 Å². The molecule has 0 aromatic heterocycles. The Hall–Kier alpha value is -2.78. The molecular formula is C33H40ClF3N2O4. The van der Waals surface area contributed by atoms with Crippen LogP contribution in [0, 0.1) is 0 Å². The molecule has 0 spiro atoms. The predicted octanol–water partition coefficient (Wildman–Crippen LogP) is 7.08. The van der Waals surface area contributed by atoms with Crippen LogP contribution in [0.25, 0.3) is 11.1 Å². The molecule has 0 bridgehead atoms. The van der Waals surface area contributed by atoms with E-state index in [1.165, 1.54) is 13.3 Å². The molecule has 2 atom stereocenters. The van der Waals surface area contributed by atoms with Gasteiger partial charge in [-0.3, -0.25) is 9.69 Å². The van der Waals surface area contributed by atoms with Gasteiger partial charge in [0.05, 0.1) is 0 Å². The molecule has 5 rings (SSSR count). The van der Waals surface area contributed by atoms with Crippen molar-refractivity contribution in [3.63, 3.8) is 0 Å². The van der Waals surface area contributed by atoms with Crippen LogP contribution in [-0.4, -0.2) is 72.3 Å². The van der Waals surface area contributed by atoms with Crippen LogP contribution in [0.4, 0.5) is 13.2 Å². The monoisotopic (exact) mass is 620 g/mol. The van der Waals surface area contributed by atoms with Gasteiger partial charge >= 0.3 is 12.1 Å². The second-order valence-electron chi connectivity index (χ2n) is 12.1. The molecule has 3 aliphatic rings. The van der Waals surface area contributed by atoms with Crippen molar-refractivity contribution in [2.75, 3.05) is 32.8 Å². The number of hydrogen-bond acceptors (Lipinski definition) is 5. The summed E-state index contributed by atoms with van der Waals surface area (Å²) in [6.45, 7) is 4.81. The topological polar surface area (TPSA) is 59.1 Å². The van der Waals surface area contributed by atoms with Gasteiger partial charge in [-0.1, -0.05) is 68.1 Å². The van der Waals surface area contributed by atoms with E-state index < -0.39 is 28.5 Å². The number of hydrogen-bond donors (Lipinski definition) is 0. The van der Waals surface area contributed by atoms with E-state index in [1.54, 1.807) is 23.1 Å². The van der Waals surface area contributed by atoms with Crippen LogP contribution >= 0.6 is 11.6 Å². The number of halogens is 4. The third-order valence-corrected chi connectivity index (χ3v) is 9.83. The summed E-state index contributed by atoms with van der Waals surface area (Å²) in [7, 11) is 0. The molecule has 2 aromatic carbocycles. The number of amides is 1. The first-order valence-electron chi connectivity index (χ1n) is 15.4. The quantitative estimate of drug-likeness (QED) is 0.221. The Morgan fingerprint density at radius 2 is 1.65 bits per heavy atom. The highest BCUT2D eigenvalue weighted by Crippen LogP contribution is 2.51. The number of ether oxygens (including phenoxy) is 2. The maximum Gasteiger partial charge on any atom is 0.490 e. The maximum absolute atomic E-state index is 14.1. The standard InChI is InChI=1S/C33H40ClF3N2O4/c1-31(34,32(43-30(41)33(35,36)37)17-20-39(29(32)40)26-13-7-3-8-14-26)25-15-16-27(24-11-5-2-6-12-24)28(23-25)42-22-21-38-18-9-4-10-19-38/h2,5-6,11-12,15-16,23,26H,3-4,7-10,13-14,17-22H2,1H3. The number of benzene rings is 2. The summed E-state index contributed by atoms with van der Waals surface area (Å²) >= 11 is 7.19. The smallest absolute Gasteiger partial charge is 0.490 e. The van der Waals surface area contributed by atoms with E-state index in [9.17, 15) is 22.8 Å². The second-order valence-corrected chi connectivity index (χ2v) is 12.8. The van der Waals surface area contributed by atoms with E-state index >= 15 is 0 Å². The van der Waals surface area contributed by atoms with Gasteiger partial charge < -0.3 is 14.4 Å². The van der Waals surface area contributed by atoms with Gasteiger partial charge in [-0.2, -0.15) is 13.2 Å². The fraction of sp³-hybridized carbons (Fsp3) is 0.576. The van der Waals surface area contributed by atoms with E-state index in [-0.39, 0.29) is 19.0 Å². The minimum atomic E-state index is -5.28. The minimum absolute atomic E-state index is 0.116. The van der Waals surface area contributed by atoms with Gasteiger partial charge in [0.25, 0.3) is 5.91 Å². The first-order chi connectivity index (χ1) is 20.5. The largest absolute Gasteiger partial charge is 0.492 e. The number of piperidine rings is 1. The molecular weight excluding hydrogens is 581 g/mol. The lowest BCUT2D eigenvalue weighted by molar-refractivity contribution is -0.217. The van der Waals surface area contributed by atoms with Crippen LogP contribution in [-0.2, 0) is 19.2 Å². The average molecular weight is 621 g/mol. The Balaban J connectivity index is 1.50. The van der Waals surface area contributed by atoms with Crippen LogP contribution in [0.5, 0.6) is 5.75 Å². The van der Waals surface area contributed by atoms with Crippen molar-refractivity contribution in [2.45, 2.75) is 87.4 Å². The molecule has 1 aliphatic carbocycles. The Bertz CT molecular complexity index is 1280. The summed E-state index contributed by atoms with van der Waals surface area (Å²) in [5.74, 6) is -2.59. The van der Waals surface area contributed by atoms with Crippen molar-refractivity contribution < 1.29 is 32.2 Å². The molecule has 2 aromatic rings. The molecule has 6 nitrogen and oxygen atoms in total. The number of esters is 1. The van der Waals surface area contributed by atoms with Crippen molar-refractivity contribution in [3.05, 3.63) is 54.1 Å². The lowest BCUT2D eigenvalue weighted by Gasteiger charge is -2.41. The summed E-state index contributed by atoms with van der Waals surface area (Å²) in [5, 5.41) is 0. The highest BCUT2D eigenvalue weighted by Gasteiger charge is 2.64. The molecule has 43 heavy (non-hydrogen) atoms. The summed E-state index contributed by atoms with van der Waals surface area (Å²) in [6, 6.07) is 14.7. The molecule has 2 saturated heterocycles. The fourth-order valence-corrected chi connectivity index (χ4v) is 7.12. The number of carbonyl (C=O) groups excluding carboxylic acids is 2. The zero-order valence-corrected chi connectivity index (χ0v) is 25.4. The van der Waals surface area contributed by atoms with Gasteiger partial charge in [0, 0.05) is 31.1 Å². The van der Waals surface area contributed by atoms with Gasteiger partial charge in [0.1, 0.15) is 17.2 Å². The Labute approximate surface area is 256 Å². The van der Waals surface area contributed by atoms with E-state index in [4.69, 9.17) is 21.1 Å². The zero-order valence-electron chi connectivity index (χ0n) is 24.6. The molecule has 1 saturated carbocycles. The van der Waals surface area contributed by atoms with Crippen molar-refractivity contribution in [2.24, 2.45) is 0 Å². The van der Waals surface area contributed by atoms with E-state index in [1.807, 2.05) is 30.3 Å². The SMILES string of the molecule is CC(Cl)(c1ccc(-c2ccccc2)c(OCCN2CCCCC2)c1)C1(OC(=O)C(F)(F)F)CCN(C2CCCCC2)C1=O.